The lowest BCUT2D eigenvalue weighted by Gasteiger charge is -2.31. The van der Waals surface area contributed by atoms with Gasteiger partial charge < -0.3 is 4.90 Å². The Labute approximate surface area is 136 Å². The summed E-state index contributed by atoms with van der Waals surface area (Å²) in [5.41, 5.74) is 2.32. The van der Waals surface area contributed by atoms with E-state index in [0.29, 0.717) is 0 Å². The number of nitrogens with zero attached hydrogens (tertiary/aromatic N) is 3. The Balaban J connectivity index is 0.000000435. The van der Waals surface area contributed by atoms with Crippen LogP contribution in [-0.4, -0.2) is 22.5 Å². The van der Waals surface area contributed by atoms with Gasteiger partial charge in [0.25, 0.3) is 0 Å². The minimum Gasteiger partial charge on any atom is -0.356 e. The Morgan fingerprint density at radius 1 is 1.18 bits per heavy atom. The lowest BCUT2D eigenvalue weighted by molar-refractivity contribution is 0.436. The number of aromatic nitrogens is 2. The van der Waals surface area contributed by atoms with Crippen molar-refractivity contribution in [3.8, 4) is 0 Å². The molecule has 3 rings (SSSR count). The zero-order chi connectivity index (χ0) is 16.5. The van der Waals surface area contributed by atoms with Crippen molar-refractivity contribution in [2.24, 2.45) is 5.92 Å². The summed E-state index contributed by atoms with van der Waals surface area (Å²) in [6, 6.07) is 4.28. The topological polar surface area (TPSA) is 20.5 Å². The van der Waals surface area contributed by atoms with Gasteiger partial charge in [0.2, 0.25) is 0 Å². The normalized spacial score (nSPS) is 14.9. The summed E-state index contributed by atoms with van der Waals surface area (Å²) in [6.45, 7) is 15.0. The molecule has 3 nitrogen and oxygen atoms in total. The fourth-order valence-corrected chi connectivity index (χ4v) is 2.54. The van der Waals surface area contributed by atoms with E-state index in [-0.39, 0.29) is 0 Å². The van der Waals surface area contributed by atoms with Crippen LogP contribution < -0.4 is 4.90 Å². The number of hydrogen-bond donors (Lipinski definition) is 0. The Morgan fingerprint density at radius 3 is 2.36 bits per heavy atom. The molecule has 124 valence electrons. The third-order valence-corrected chi connectivity index (χ3v) is 3.76. The molecule has 0 unspecified atom stereocenters. The van der Waals surface area contributed by atoms with Crippen LogP contribution in [0.5, 0.6) is 0 Å². The molecule has 2 aromatic rings. The van der Waals surface area contributed by atoms with Gasteiger partial charge in [-0.05, 0) is 43.4 Å². The molecule has 0 spiro atoms. The van der Waals surface area contributed by atoms with Crippen LogP contribution in [0.3, 0.4) is 0 Å². The summed E-state index contributed by atoms with van der Waals surface area (Å²) < 4.78 is 2.20. The average molecular weight is 303 g/mol. The molecule has 1 aliphatic rings. The van der Waals surface area contributed by atoms with Crippen molar-refractivity contribution in [3.63, 3.8) is 0 Å². The van der Waals surface area contributed by atoms with Crippen molar-refractivity contribution in [2.45, 2.75) is 60.8 Å². The lowest BCUT2D eigenvalue weighted by Crippen LogP contribution is -2.33. The molecular weight excluding hydrogens is 270 g/mol. The Kier molecular flexibility index (Phi) is 8.00. The van der Waals surface area contributed by atoms with Crippen LogP contribution in [0, 0.1) is 12.8 Å². The fraction of sp³-hybridized carbons (Fsp3) is 0.632. The van der Waals surface area contributed by atoms with Gasteiger partial charge in [-0.3, -0.25) is 4.40 Å². The van der Waals surface area contributed by atoms with Gasteiger partial charge in [0.1, 0.15) is 11.5 Å². The van der Waals surface area contributed by atoms with Crippen LogP contribution in [0.15, 0.2) is 24.5 Å². The van der Waals surface area contributed by atoms with E-state index in [1.54, 1.807) is 0 Å². The number of rotatable bonds is 1. The third-order valence-electron chi connectivity index (χ3n) is 3.76. The number of fused-ring (bicyclic) bond motifs is 1. The van der Waals surface area contributed by atoms with Gasteiger partial charge in [0, 0.05) is 19.3 Å². The highest BCUT2D eigenvalue weighted by Crippen LogP contribution is 2.23. The largest absolute Gasteiger partial charge is 0.356 e. The molecule has 2 aromatic heterocycles. The number of anilines is 1. The summed E-state index contributed by atoms with van der Waals surface area (Å²) in [7, 11) is 0. The predicted molar refractivity (Wildman–Crippen MR) is 97.9 cm³/mol. The molecule has 3 heterocycles. The van der Waals surface area contributed by atoms with E-state index in [0.717, 1.165) is 24.7 Å². The van der Waals surface area contributed by atoms with Crippen molar-refractivity contribution in [1.29, 1.82) is 0 Å². The van der Waals surface area contributed by atoms with Gasteiger partial charge >= 0.3 is 0 Å². The average Bonchev–Trinajstić information content (AvgIpc) is 2.94. The highest BCUT2D eigenvalue weighted by molar-refractivity contribution is 5.53. The van der Waals surface area contributed by atoms with Crippen LogP contribution in [-0.2, 0) is 0 Å². The molecule has 1 fully saturated rings. The molecule has 1 saturated heterocycles. The molecule has 22 heavy (non-hydrogen) atoms. The van der Waals surface area contributed by atoms with Gasteiger partial charge in [-0.25, -0.2) is 4.98 Å². The molecule has 0 aliphatic carbocycles. The summed E-state index contributed by atoms with van der Waals surface area (Å²) in [5, 5.41) is 0. The molecule has 0 radical (unpaired) electrons. The van der Waals surface area contributed by atoms with Crippen LogP contribution >= 0.6 is 0 Å². The SMILES string of the molecule is CC.CCC.Cc1ccn2c(N3CCC(C)CC3)cnc2c1. The first kappa shape index (κ1) is 18.5. The van der Waals surface area contributed by atoms with E-state index < -0.39 is 0 Å². The summed E-state index contributed by atoms with van der Waals surface area (Å²) >= 11 is 0. The quantitative estimate of drug-likeness (QED) is 0.710. The van der Waals surface area contributed by atoms with E-state index in [2.05, 4.69) is 60.3 Å². The zero-order valence-corrected chi connectivity index (χ0v) is 15.3. The van der Waals surface area contributed by atoms with Crippen molar-refractivity contribution >= 4 is 11.5 Å². The molecule has 0 N–H and O–H groups in total. The third kappa shape index (κ3) is 4.75. The molecule has 0 bridgehead atoms. The Morgan fingerprint density at radius 2 is 1.77 bits per heavy atom. The second kappa shape index (κ2) is 9.50. The van der Waals surface area contributed by atoms with E-state index in [9.17, 15) is 0 Å². The highest BCUT2D eigenvalue weighted by atomic mass is 15.2. The van der Waals surface area contributed by atoms with Crippen LogP contribution in [0.25, 0.3) is 5.65 Å². The number of piperidine rings is 1. The maximum atomic E-state index is 4.50. The van der Waals surface area contributed by atoms with Crippen molar-refractivity contribution in [1.82, 2.24) is 9.38 Å². The maximum absolute atomic E-state index is 4.50. The first-order valence-electron chi connectivity index (χ1n) is 8.84. The number of imidazole rings is 1. The number of hydrogen-bond acceptors (Lipinski definition) is 2. The summed E-state index contributed by atoms with van der Waals surface area (Å²) in [6.07, 6.45) is 7.97. The maximum Gasteiger partial charge on any atom is 0.138 e. The molecule has 0 atom stereocenters. The van der Waals surface area contributed by atoms with Crippen LogP contribution in [0.4, 0.5) is 5.82 Å². The summed E-state index contributed by atoms with van der Waals surface area (Å²) in [5.74, 6) is 2.11. The second-order valence-electron chi connectivity index (χ2n) is 5.93. The second-order valence-corrected chi connectivity index (χ2v) is 5.93. The zero-order valence-electron chi connectivity index (χ0n) is 15.3. The first-order valence-corrected chi connectivity index (χ1v) is 8.84. The Bertz CT molecular complexity index is 537. The van der Waals surface area contributed by atoms with E-state index in [1.807, 2.05) is 20.0 Å². The van der Waals surface area contributed by atoms with E-state index in [1.165, 1.54) is 30.6 Å². The van der Waals surface area contributed by atoms with E-state index in [4.69, 9.17) is 0 Å². The predicted octanol–water partition coefficient (Wildman–Crippen LogP) is 5.32. The fourth-order valence-electron chi connectivity index (χ4n) is 2.54. The van der Waals surface area contributed by atoms with Gasteiger partial charge in [-0.15, -0.1) is 0 Å². The van der Waals surface area contributed by atoms with Crippen LogP contribution in [0.1, 0.15) is 59.4 Å². The van der Waals surface area contributed by atoms with Crippen molar-refractivity contribution < 1.29 is 0 Å². The number of pyridine rings is 1. The van der Waals surface area contributed by atoms with Crippen LogP contribution in [0.2, 0.25) is 0 Å². The lowest BCUT2D eigenvalue weighted by atomic mass is 9.99. The minimum atomic E-state index is 0.868. The van der Waals surface area contributed by atoms with Gasteiger partial charge in [0.05, 0.1) is 6.20 Å². The van der Waals surface area contributed by atoms with E-state index >= 15 is 0 Å². The highest BCUT2D eigenvalue weighted by Gasteiger charge is 2.18. The molecule has 0 aromatic carbocycles. The summed E-state index contributed by atoms with van der Waals surface area (Å²) in [4.78, 5) is 6.95. The molecule has 0 saturated carbocycles. The minimum absolute atomic E-state index is 0.868. The van der Waals surface area contributed by atoms with Crippen molar-refractivity contribution in [3.05, 3.63) is 30.1 Å². The van der Waals surface area contributed by atoms with Gasteiger partial charge in [0.15, 0.2) is 0 Å². The monoisotopic (exact) mass is 303 g/mol. The Hall–Kier alpha value is -1.51. The molecule has 1 aliphatic heterocycles. The molecular formula is C19H33N3. The van der Waals surface area contributed by atoms with Gasteiger partial charge in [-0.1, -0.05) is 41.0 Å². The smallest absolute Gasteiger partial charge is 0.138 e. The first-order chi connectivity index (χ1) is 10.7. The van der Waals surface area contributed by atoms with Gasteiger partial charge in [-0.2, -0.15) is 0 Å². The number of aryl methyl sites for hydroxylation is 1. The molecule has 0 amide bonds. The standard InChI is InChI=1S/C14H19N3.C3H8.C2H6/c1-11-3-6-16(7-4-11)14-10-15-13-9-12(2)5-8-17(13)14;1-3-2;1-2/h5,8-11H,3-4,6-7H2,1-2H3;3H2,1-2H3;1-2H3. The van der Waals surface area contributed by atoms with Crippen molar-refractivity contribution in [2.75, 3.05) is 18.0 Å². The molecule has 3 heteroatoms.